The summed E-state index contributed by atoms with van der Waals surface area (Å²) in [6.07, 6.45) is 1.47. The Morgan fingerprint density at radius 2 is 1.60 bits per heavy atom. The van der Waals surface area contributed by atoms with Gasteiger partial charge >= 0.3 is 0 Å². The summed E-state index contributed by atoms with van der Waals surface area (Å²) in [5, 5.41) is 1.86. The van der Waals surface area contributed by atoms with E-state index < -0.39 is 16.3 Å². The molecule has 0 aromatic carbocycles. The number of hydrogen-bond donors (Lipinski definition) is 0. The molecule has 3 aliphatic heterocycles. The molecule has 0 aliphatic carbocycles. The summed E-state index contributed by atoms with van der Waals surface area (Å²) in [6, 6.07) is 3.18. The molecule has 0 unspecified atom stereocenters. The Kier molecular flexibility index (Phi) is 6.44. The van der Waals surface area contributed by atoms with Gasteiger partial charge in [0, 0.05) is 58.9 Å². The van der Waals surface area contributed by atoms with Crippen molar-refractivity contribution in [3.8, 4) is 0 Å². The average Bonchev–Trinajstić information content (AvgIpc) is 3.45. The fourth-order valence-electron chi connectivity index (χ4n) is 4.34. The van der Waals surface area contributed by atoms with Gasteiger partial charge in [-0.1, -0.05) is 6.07 Å². The molecule has 0 bridgehead atoms. The smallest absolute Gasteiger partial charge is 0.282 e. The number of nitrogens with zero attached hydrogens (tertiary/aromatic N) is 5. The molecule has 0 spiro atoms. The number of thiophene rings is 1. The first-order valence-electron chi connectivity index (χ1n) is 10.4. The van der Waals surface area contributed by atoms with E-state index in [9.17, 15) is 18.0 Å². The molecule has 3 fully saturated rings. The third-order valence-electron chi connectivity index (χ3n) is 6.20. The van der Waals surface area contributed by atoms with Crippen LogP contribution in [0.15, 0.2) is 17.5 Å². The molecule has 0 N–H and O–H groups in total. The predicted molar refractivity (Wildman–Crippen MR) is 115 cm³/mol. The molecule has 4 rings (SSSR count). The van der Waals surface area contributed by atoms with Gasteiger partial charge in [0.25, 0.3) is 16.1 Å². The molecule has 9 nitrogen and oxygen atoms in total. The Hall–Kier alpha value is -1.53. The van der Waals surface area contributed by atoms with Gasteiger partial charge in [-0.15, -0.1) is 11.3 Å². The van der Waals surface area contributed by atoms with Crippen molar-refractivity contribution >= 4 is 33.4 Å². The monoisotopic (exact) mass is 455 g/mol. The maximum Gasteiger partial charge on any atom is 0.282 e. The minimum atomic E-state index is -3.49. The van der Waals surface area contributed by atoms with Crippen molar-refractivity contribution in [3.63, 3.8) is 0 Å². The van der Waals surface area contributed by atoms with Crippen LogP contribution in [0.25, 0.3) is 0 Å². The third kappa shape index (κ3) is 4.26. The second-order valence-electron chi connectivity index (χ2n) is 8.07. The summed E-state index contributed by atoms with van der Waals surface area (Å²) in [6.45, 7) is 4.37. The molecule has 0 radical (unpaired) electrons. The van der Waals surface area contributed by atoms with Gasteiger partial charge in [-0.05, 0) is 31.3 Å². The summed E-state index contributed by atoms with van der Waals surface area (Å²) < 4.78 is 28.9. The normalized spacial score (nSPS) is 25.0. The van der Waals surface area contributed by atoms with E-state index in [2.05, 4.69) is 4.90 Å². The number of carbonyl (C=O) groups is 2. The standard InChI is InChI=1S/C19H29N5O4S2/c1-20-7-11-22(12-8-20)30(27,28)23-13-9-21(10-14-23)18(25)16-4-2-6-24(16)19(26)17-5-3-15-29-17/h3,5,15-16H,2,4,6-14H2,1H3/t16-/m0/s1. The van der Waals surface area contributed by atoms with Crippen molar-refractivity contribution in [2.75, 3.05) is 66.0 Å². The fourth-order valence-corrected chi connectivity index (χ4v) is 6.60. The molecule has 166 valence electrons. The van der Waals surface area contributed by atoms with Crippen LogP contribution >= 0.6 is 11.3 Å². The van der Waals surface area contributed by atoms with E-state index in [1.54, 1.807) is 20.2 Å². The molecule has 1 atom stereocenters. The number of rotatable bonds is 4. The Bertz CT molecular complexity index is 859. The minimum absolute atomic E-state index is 0.0611. The van der Waals surface area contributed by atoms with Crippen molar-refractivity contribution in [2.45, 2.75) is 18.9 Å². The third-order valence-corrected chi connectivity index (χ3v) is 9.09. The van der Waals surface area contributed by atoms with Crippen LogP contribution in [-0.2, 0) is 15.0 Å². The van der Waals surface area contributed by atoms with Gasteiger partial charge in [0.15, 0.2) is 0 Å². The maximum absolute atomic E-state index is 13.1. The Morgan fingerprint density at radius 3 is 2.20 bits per heavy atom. The summed E-state index contributed by atoms with van der Waals surface area (Å²) >= 11 is 1.39. The quantitative estimate of drug-likeness (QED) is 0.638. The lowest BCUT2D eigenvalue weighted by atomic mass is 10.1. The van der Waals surface area contributed by atoms with Crippen LogP contribution in [0, 0.1) is 0 Å². The first kappa shape index (κ1) is 21.7. The Balaban J connectivity index is 1.35. The van der Waals surface area contributed by atoms with Crippen molar-refractivity contribution < 1.29 is 18.0 Å². The first-order valence-corrected chi connectivity index (χ1v) is 12.7. The van der Waals surface area contributed by atoms with Gasteiger partial charge < -0.3 is 14.7 Å². The molecule has 4 heterocycles. The van der Waals surface area contributed by atoms with E-state index >= 15 is 0 Å². The minimum Gasteiger partial charge on any atom is -0.338 e. The van der Waals surface area contributed by atoms with E-state index in [4.69, 9.17) is 0 Å². The highest BCUT2D eigenvalue weighted by molar-refractivity contribution is 7.86. The molecule has 2 amide bonds. The van der Waals surface area contributed by atoms with Crippen LogP contribution in [0.1, 0.15) is 22.5 Å². The molecular weight excluding hydrogens is 426 g/mol. The van der Waals surface area contributed by atoms with E-state index in [-0.39, 0.29) is 11.8 Å². The topological polar surface area (TPSA) is 84.5 Å². The predicted octanol–water partition coefficient (Wildman–Crippen LogP) is -0.0109. The van der Waals surface area contributed by atoms with Crippen LogP contribution in [-0.4, -0.2) is 116 Å². The lowest BCUT2D eigenvalue weighted by molar-refractivity contribution is -0.136. The number of amides is 2. The number of hydrogen-bond acceptors (Lipinski definition) is 6. The summed E-state index contributed by atoms with van der Waals surface area (Å²) in [4.78, 5) is 32.1. The van der Waals surface area contributed by atoms with Gasteiger partial charge in [-0.3, -0.25) is 9.59 Å². The van der Waals surface area contributed by atoms with Gasteiger partial charge in [-0.25, -0.2) is 0 Å². The first-order chi connectivity index (χ1) is 14.4. The molecule has 0 saturated carbocycles. The van der Waals surface area contributed by atoms with E-state index in [1.165, 1.54) is 15.6 Å². The van der Waals surface area contributed by atoms with Crippen LogP contribution < -0.4 is 0 Å². The molecule has 3 saturated heterocycles. The number of likely N-dealkylation sites (N-methyl/N-ethyl adjacent to an activating group) is 1. The summed E-state index contributed by atoms with van der Waals surface area (Å²) in [5.41, 5.74) is 0. The van der Waals surface area contributed by atoms with Gasteiger partial charge in [0.2, 0.25) is 5.91 Å². The Morgan fingerprint density at radius 1 is 0.967 bits per heavy atom. The molecule has 30 heavy (non-hydrogen) atoms. The van der Waals surface area contributed by atoms with Crippen molar-refractivity contribution in [1.82, 2.24) is 23.3 Å². The number of piperazine rings is 2. The largest absolute Gasteiger partial charge is 0.338 e. The number of likely N-dealkylation sites (tertiary alicyclic amines) is 1. The van der Waals surface area contributed by atoms with Crippen molar-refractivity contribution in [2.24, 2.45) is 0 Å². The van der Waals surface area contributed by atoms with Gasteiger partial charge in [0.05, 0.1) is 4.88 Å². The molecule has 1 aromatic rings. The lowest BCUT2D eigenvalue weighted by Gasteiger charge is -2.40. The maximum atomic E-state index is 13.1. The van der Waals surface area contributed by atoms with Crippen LogP contribution in [0.4, 0.5) is 0 Å². The zero-order valence-electron chi connectivity index (χ0n) is 17.3. The Labute approximate surface area is 182 Å². The second-order valence-corrected chi connectivity index (χ2v) is 10.9. The van der Waals surface area contributed by atoms with E-state index in [0.717, 1.165) is 19.5 Å². The summed E-state index contributed by atoms with van der Waals surface area (Å²) in [5.74, 6) is -0.147. The molecule has 3 aliphatic rings. The SMILES string of the molecule is CN1CCN(S(=O)(=O)N2CCN(C(=O)[C@@H]3CCCN3C(=O)c3cccs3)CC2)CC1. The highest BCUT2D eigenvalue weighted by Crippen LogP contribution is 2.24. The van der Waals surface area contributed by atoms with E-state index in [0.29, 0.717) is 57.1 Å². The van der Waals surface area contributed by atoms with Gasteiger partial charge in [0.1, 0.15) is 6.04 Å². The zero-order chi connectivity index (χ0) is 21.3. The number of carbonyl (C=O) groups excluding carboxylic acids is 2. The molecule has 1 aromatic heterocycles. The van der Waals surface area contributed by atoms with Crippen molar-refractivity contribution in [1.29, 1.82) is 0 Å². The molecular formula is C19H29N5O4S2. The van der Waals surface area contributed by atoms with E-state index in [1.807, 2.05) is 18.5 Å². The fraction of sp³-hybridized carbons (Fsp3) is 0.684. The molecule has 11 heteroatoms. The van der Waals surface area contributed by atoms with Crippen molar-refractivity contribution in [3.05, 3.63) is 22.4 Å². The second kappa shape index (κ2) is 8.91. The highest BCUT2D eigenvalue weighted by atomic mass is 32.2. The highest BCUT2D eigenvalue weighted by Gasteiger charge is 2.40. The van der Waals surface area contributed by atoms with Gasteiger partial charge in [-0.2, -0.15) is 17.0 Å². The van der Waals surface area contributed by atoms with Crippen LogP contribution in [0.5, 0.6) is 0 Å². The average molecular weight is 456 g/mol. The zero-order valence-corrected chi connectivity index (χ0v) is 18.9. The van der Waals surface area contributed by atoms with Crippen LogP contribution in [0.2, 0.25) is 0 Å². The summed E-state index contributed by atoms with van der Waals surface area (Å²) in [7, 11) is -1.50. The lowest BCUT2D eigenvalue weighted by Crippen LogP contribution is -2.58. The van der Waals surface area contributed by atoms with Crippen LogP contribution in [0.3, 0.4) is 0 Å².